The number of rotatable bonds is 24. The van der Waals surface area contributed by atoms with Crippen LogP contribution in [0.5, 0.6) is 0 Å². The Labute approximate surface area is 213 Å². The van der Waals surface area contributed by atoms with E-state index >= 15 is 0 Å². The van der Waals surface area contributed by atoms with Crippen molar-refractivity contribution in [2.24, 2.45) is 0 Å². The SMILES string of the molecule is C=CC[Si](CC=C)(CC=C)OB(O[Si](CC=C)(CC=C)CC=C)O[Si](CC=C)(CC=C)CC=C. The first-order chi connectivity index (χ1) is 16.3. The van der Waals surface area contributed by atoms with E-state index in [2.05, 4.69) is 59.2 Å². The zero-order valence-electron chi connectivity index (χ0n) is 21.2. The summed E-state index contributed by atoms with van der Waals surface area (Å²) in [5.74, 6) is 0. The van der Waals surface area contributed by atoms with Crippen molar-refractivity contribution in [1.29, 1.82) is 0 Å². The summed E-state index contributed by atoms with van der Waals surface area (Å²) in [4.78, 5) is 0. The maximum absolute atomic E-state index is 6.89. The molecule has 0 spiro atoms. The summed E-state index contributed by atoms with van der Waals surface area (Å²) in [5.41, 5.74) is 0. The van der Waals surface area contributed by atoms with Crippen molar-refractivity contribution in [2.45, 2.75) is 54.4 Å². The van der Waals surface area contributed by atoms with Gasteiger partial charge in [-0.1, -0.05) is 54.7 Å². The zero-order chi connectivity index (χ0) is 25.9. The third kappa shape index (κ3) is 10.7. The maximum atomic E-state index is 6.89. The van der Waals surface area contributed by atoms with Gasteiger partial charge in [-0.05, 0) is 54.4 Å². The van der Waals surface area contributed by atoms with E-state index in [0.717, 1.165) is 54.4 Å². The molecule has 3 nitrogen and oxygen atoms in total. The van der Waals surface area contributed by atoms with Crippen molar-refractivity contribution in [3.05, 3.63) is 114 Å². The Balaban J connectivity index is 6.64. The second-order valence-electron chi connectivity index (χ2n) is 8.63. The van der Waals surface area contributed by atoms with E-state index < -0.39 is 32.3 Å². The Kier molecular flexibility index (Phi) is 16.7. The Morgan fingerprint density at radius 1 is 0.353 bits per heavy atom. The minimum absolute atomic E-state index is 0.742. The molecular weight excluding hydrogens is 467 g/mol. The van der Waals surface area contributed by atoms with Gasteiger partial charge >= 0.3 is 7.32 Å². The van der Waals surface area contributed by atoms with Gasteiger partial charge in [-0.15, -0.1) is 59.2 Å². The summed E-state index contributed by atoms with van der Waals surface area (Å²) in [5, 5.41) is 0. The van der Waals surface area contributed by atoms with E-state index in [-0.39, 0.29) is 0 Å². The molecule has 0 rings (SSSR count). The molecular formula is C27H45BO3Si3. The van der Waals surface area contributed by atoms with Crippen molar-refractivity contribution >= 4 is 32.3 Å². The van der Waals surface area contributed by atoms with E-state index in [1.54, 1.807) is 0 Å². The molecule has 0 fully saturated rings. The number of hydrogen-bond acceptors (Lipinski definition) is 3. The Hall–Kier alpha value is -1.74. The van der Waals surface area contributed by atoms with Gasteiger partial charge in [0.15, 0.2) is 25.0 Å². The molecule has 0 bridgehead atoms. The van der Waals surface area contributed by atoms with Crippen LogP contribution in [0.4, 0.5) is 0 Å². The topological polar surface area (TPSA) is 27.7 Å². The molecule has 0 radical (unpaired) electrons. The quantitative estimate of drug-likeness (QED) is 0.0958. The van der Waals surface area contributed by atoms with Gasteiger partial charge in [0.25, 0.3) is 0 Å². The van der Waals surface area contributed by atoms with Crippen molar-refractivity contribution < 1.29 is 13.0 Å². The zero-order valence-corrected chi connectivity index (χ0v) is 24.2. The van der Waals surface area contributed by atoms with Crippen LogP contribution in [0, 0.1) is 0 Å². The third-order valence-corrected chi connectivity index (χ3v) is 17.1. The second kappa shape index (κ2) is 17.7. The molecule has 0 aliphatic heterocycles. The van der Waals surface area contributed by atoms with Crippen molar-refractivity contribution in [3.63, 3.8) is 0 Å². The van der Waals surface area contributed by atoms with E-state index in [0.29, 0.717) is 0 Å². The molecule has 0 aromatic heterocycles. The first kappa shape index (κ1) is 32.3. The van der Waals surface area contributed by atoms with Crippen LogP contribution in [0.1, 0.15) is 0 Å². The number of allylic oxidation sites excluding steroid dienone is 9. The highest BCUT2D eigenvalue weighted by atomic mass is 28.4. The molecule has 0 N–H and O–H groups in total. The molecule has 0 aliphatic rings. The van der Waals surface area contributed by atoms with Gasteiger partial charge in [0.2, 0.25) is 0 Å². The molecule has 0 aromatic carbocycles. The highest BCUT2D eigenvalue weighted by Gasteiger charge is 2.47. The van der Waals surface area contributed by atoms with Crippen molar-refractivity contribution in [2.75, 3.05) is 0 Å². The summed E-state index contributed by atoms with van der Waals surface area (Å²) < 4.78 is 20.7. The van der Waals surface area contributed by atoms with Gasteiger partial charge in [-0.25, -0.2) is 0 Å². The molecule has 0 aromatic rings. The predicted molar refractivity (Wildman–Crippen MR) is 161 cm³/mol. The molecule has 7 heteroatoms. The first-order valence-corrected chi connectivity index (χ1v) is 19.4. The lowest BCUT2D eigenvalue weighted by Crippen LogP contribution is -2.55. The lowest BCUT2D eigenvalue weighted by atomic mass is 10.3. The highest BCUT2D eigenvalue weighted by molar-refractivity contribution is 6.87. The lowest BCUT2D eigenvalue weighted by molar-refractivity contribution is 0.290. The normalized spacial score (nSPS) is 11.6. The van der Waals surface area contributed by atoms with Crippen LogP contribution in [0.2, 0.25) is 54.4 Å². The summed E-state index contributed by atoms with van der Waals surface area (Å²) in [6.45, 7) is 35.9. The molecule has 0 unspecified atom stereocenters. The second-order valence-corrected chi connectivity index (χ2v) is 20.1. The monoisotopic (exact) mass is 512 g/mol. The molecule has 0 heterocycles. The smallest absolute Gasteiger partial charge is 0.428 e. The minimum Gasteiger partial charge on any atom is -0.428 e. The Bertz CT molecular complexity index is 545. The van der Waals surface area contributed by atoms with E-state index in [4.69, 9.17) is 13.0 Å². The minimum atomic E-state index is -2.41. The van der Waals surface area contributed by atoms with Gasteiger partial charge in [-0.2, -0.15) is 0 Å². The highest BCUT2D eigenvalue weighted by Crippen LogP contribution is 2.33. The lowest BCUT2D eigenvalue weighted by Gasteiger charge is -2.40. The molecule has 0 saturated carbocycles. The molecule has 34 heavy (non-hydrogen) atoms. The average molecular weight is 513 g/mol. The van der Waals surface area contributed by atoms with Crippen LogP contribution in [0.25, 0.3) is 0 Å². The van der Waals surface area contributed by atoms with Crippen LogP contribution < -0.4 is 0 Å². The first-order valence-electron chi connectivity index (χ1n) is 11.8. The van der Waals surface area contributed by atoms with E-state index in [1.165, 1.54) is 0 Å². The fourth-order valence-electron chi connectivity index (χ4n) is 4.24. The third-order valence-electron chi connectivity index (χ3n) is 5.69. The number of hydrogen-bond donors (Lipinski definition) is 0. The van der Waals surface area contributed by atoms with Crippen LogP contribution in [-0.2, 0) is 13.0 Å². The summed E-state index contributed by atoms with van der Waals surface area (Å²) in [6, 6.07) is 6.68. The molecule has 0 aliphatic carbocycles. The fourth-order valence-corrected chi connectivity index (χ4v) is 13.1. The van der Waals surface area contributed by atoms with Crippen molar-refractivity contribution in [1.82, 2.24) is 0 Å². The predicted octanol–water partition coefficient (Wildman–Crippen LogP) is 8.53. The summed E-state index contributed by atoms with van der Waals surface area (Å²) in [7, 11) is -8.06. The standard InChI is InChI=1S/C27H45BO3Si3/c1-10-19-32(20-11-2,21-12-3)29-28(30-33(22-13-4,23-14-5)24-15-6)31-34(25-16-7,26-17-8)27-18-9/h10-18H,1-9,19-27H2. The maximum Gasteiger partial charge on any atom is 0.606 e. The van der Waals surface area contributed by atoms with Crippen LogP contribution in [0.15, 0.2) is 114 Å². The van der Waals surface area contributed by atoms with Gasteiger partial charge in [-0.3, -0.25) is 0 Å². The molecule has 0 saturated heterocycles. The average Bonchev–Trinajstić information content (AvgIpc) is 2.75. The molecule has 0 amide bonds. The fraction of sp³-hybridized carbons (Fsp3) is 0.333. The van der Waals surface area contributed by atoms with Gasteiger partial charge in [0.1, 0.15) is 0 Å². The van der Waals surface area contributed by atoms with Gasteiger partial charge in [0.05, 0.1) is 0 Å². The Morgan fingerprint density at radius 3 is 0.618 bits per heavy atom. The largest absolute Gasteiger partial charge is 0.606 e. The van der Waals surface area contributed by atoms with E-state index in [1.807, 2.05) is 54.7 Å². The van der Waals surface area contributed by atoms with Crippen LogP contribution >= 0.6 is 0 Å². The van der Waals surface area contributed by atoms with Crippen molar-refractivity contribution in [3.8, 4) is 0 Å². The van der Waals surface area contributed by atoms with E-state index in [9.17, 15) is 0 Å². The van der Waals surface area contributed by atoms with Crippen LogP contribution in [0.3, 0.4) is 0 Å². The molecule has 186 valence electrons. The summed E-state index contributed by atoms with van der Waals surface area (Å²) >= 11 is 0. The van der Waals surface area contributed by atoms with Gasteiger partial charge in [0, 0.05) is 0 Å². The van der Waals surface area contributed by atoms with Crippen LogP contribution in [-0.4, -0.2) is 32.3 Å². The van der Waals surface area contributed by atoms with Gasteiger partial charge < -0.3 is 13.0 Å². The molecule has 0 atom stereocenters. The Morgan fingerprint density at radius 2 is 0.500 bits per heavy atom. The summed E-state index contributed by atoms with van der Waals surface area (Å²) in [6.07, 6.45) is 17.3.